The summed E-state index contributed by atoms with van der Waals surface area (Å²) in [6, 6.07) is 12.6. The summed E-state index contributed by atoms with van der Waals surface area (Å²) >= 11 is 0. The molecule has 0 radical (unpaired) electrons. The lowest BCUT2D eigenvalue weighted by atomic mass is 10.1. The van der Waals surface area contributed by atoms with Gasteiger partial charge in [-0.15, -0.1) is 0 Å². The largest absolute Gasteiger partial charge is 0.379 e. The monoisotopic (exact) mass is 498 g/mol. The van der Waals surface area contributed by atoms with Gasteiger partial charge in [0.1, 0.15) is 11.5 Å². The van der Waals surface area contributed by atoms with E-state index in [1.807, 2.05) is 0 Å². The molecule has 1 aromatic heterocycles. The summed E-state index contributed by atoms with van der Waals surface area (Å²) in [5, 5.41) is 5.19. The molecule has 4 rings (SSSR count). The zero-order valence-electron chi connectivity index (χ0n) is 18.8. The van der Waals surface area contributed by atoms with Crippen molar-refractivity contribution in [3.8, 4) is 0 Å². The Morgan fingerprint density at radius 2 is 1.71 bits per heavy atom. The average molecular weight is 499 g/mol. The lowest BCUT2D eigenvalue weighted by molar-refractivity contribution is 0.0730. The van der Waals surface area contributed by atoms with Gasteiger partial charge in [-0.05, 0) is 55.0 Å². The maximum absolute atomic E-state index is 14.0. The molecule has 2 heterocycles. The van der Waals surface area contributed by atoms with Gasteiger partial charge in [0, 0.05) is 24.8 Å². The fraction of sp³-hybridized carbons (Fsp3) is 0.208. The Bertz CT molecular complexity index is 1360. The van der Waals surface area contributed by atoms with Gasteiger partial charge >= 0.3 is 0 Å². The second kappa shape index (κ2) is 10.3. The molecular formula is C24H23FN4O5S. The molecule has 0 unspecified atom stereocenters. The molecule has 182 valence electrons. The van der Waals surface area contributed by atoms with E-state index >= 15 is 0 Å². The topological polar surface area (TPSA) is 118 Å². The van der Waals surface area contributed by atoms with Gasteiger partial charge in [0.2, 0.25) is 10.0 Å². The van der Waals surface area contributed by atoms with Crippen molar-refractivity contribution in [3.63, 3.8) is 0 Å². The zero-order valence-corrected chi connectivity index (χ0v) is 19.6. The third-order valence-electron chi connectivity index (χ3n) is 5.44. The maximum Gasteiger partial charge on any atom is 0.274 e. The number of aryl methyl sites for hydroxylation is 1. The highest BCUT2D eigenvalue weighted by molar-refractivity contribution is 7.89. The first-order valence-corrected chi connectivity index (χ1v) is 12.2. The van der Waals surface area contributed by atoms with Gasteiger partial charge in [0.05, 0.1) is 29.5 Å². The van der Waals surface area contributed by atoms with E-state index in [1.54, 1.807) is 19.1 Å². The van der Waals surface area contributed by atoms with Crippen molar-refractivity contribution in [2.24, 2.45) is 0 Å². The van der Waals surface area contributed by atoms with Crippen molar-refractivity contribution in [2.45, 2.75) is 11.8 Å². The molecule has 3 aromatic rings. The summed E-state index contributed by atoms with van der Waals surface area (Å²) in [5.41, 5.74) is 0.945. The van der Waals surface area contributed by atoms with Crippen molar-refractivity contribution in [2.75, 3.05) is 36.9 Å². The molecule has 1 aliphatic rings. The minimum atomic E-state index is -3.82. The molecule has 11 heteroatoms. The van der Waals surface area contributed by atoms with Crippen LogP contribution in [0, 0.1) is 12.7 Å². The van der Waals surface area contributed by atoms with Gasteiger partial charge in [-0.3, -0.25) is 14.6 Å². The summed E-state index contributed by atoms with van der Waals surface area (Å²) in [5.74, 6) is -1.82. The number of sulfonamides is 1. The van der Waals surface area contributed by atoms with Crippen molar-refractivity contribution in [1.82, 2.24) is 9.29 Å². The number of hydrogen-bond donors (Lipinski definition) is 2. The number of ether oxygens (including phenoxy) is 1. The van der Waals surface area contributed by atoms with E-state index in [1.165, 1.54) is 40.8 Å². The van der Waals surface area contributed by atoms with E-state index in [4.69, 9.17) is 4.74 Å². The number of nitrogens with zero attached hydrogens (tertiary/aromatic N) is 2. The van der Waals surface area contributed by atoms with Gasteiger partial charge in [0.15, 0.2) is 0 Å². The molecule has 2 N–H and O–H groups in total. The van der Waals surface area contributed by atoms with E-state index in [0.717, 1.165) is 12.1 Å². The third-order valence-corrected chi connectivity index (χ3v) is 7.33. The number of carbonyl (C=O) groups is 2. The first-order valence-electron chi connectivity index (χ1n) is 10.8. The molecular weight excluding hydrogens is 475 g/mol. The average Bonchev–Trinajstić information content (AvgIpc) is 2.86. The van der Waals surface area contributed by atoms with Crippen LogP contribution in [0.25, 0.3) is 0 Å². The van der Waals surface area contributed by atoms with E-state index in [0.29, 0.717) is 18.8 Å². The lowest BCUT2D eigenvalue weighted by Crippen LogP contribution is -2.40. The number of amides is 2. The maximum atomic E-state index is 14.0. The second-order valence-electron chi connectivity index (χ2n) is 7.81. The first-order chi connectivity index (χ1) is 16.8. The summed E-state index contributed by atoms with van der Waals surface area (Å²) in [6.07, 6.45) is 1.46. The van der Waals surface area contributed by atoms with Crippen LogP contribution >= 0.6 is 0 Å². The molecule has 0 bridgehead atoms. The van der Waals surface area contributed by atoms with Crippen molar-refractivity contribution in [3.05, 3.63) is 83.4 Å². The molecule has 1 saturated heterocycles. The standard InChI is InChI=1S/C24H23FN4O5S/c1-16-5-7-18(35(32,33)29-10-12-34-13-11-29)15-19(16)23(30)28-22-14-17(25)6-8-20(22)27-24(31)21-4-2-3-9-26-21/h2-9,14-15H,10-13H2,1H3,(H,27,31)(H,28,30). The van der Waals surface area contributed by atoms with E-state index in [-0.39, 0.29) is 40.6 Å². The number of rotatable bonds is 6. The predicted molar refractivity (Wildman–Crippen MR) is 127 cm³/mol. The van der Waals surface area contributed by atoms with Crippen molar-refractivity contribution in [1.29, 1.82) is 0 Å². The quantitative estimate of drug-likeness (QED) is 0.540. The minimum Gasteiger partial charge on any atom is -0.379 e. The number of benzene rings is 2. The minimum absolute atomic E-state index is 0.0140. The fourth-order valence-electron chi connectivity index (χ4n) is 3.54. The Hall–Kier alpha value is -3.67. The highest BCUT2D eigenvalue weighted by Crippen LogP contribution is 2.26. The number of anilines is 2. The number of carbonyl (C=O) groups excluding carboxylic acids is 2. The SMILES string of the molecule is Cc1ccc(S(=O)(=O)N2CCOCC2)cc1C(=O)Nc1cc(F)ccc1NC(=O)c1ccccn1. The van der Waals surface area contributed by atoms with E-state index in [9.17, 15) is 22.4 Å². The van der Waals surface area contributed by atoms with Gasteiger partial charge in [-0.25, -0.2) is 12.8 Å². The smallest absolute Gasteiger partial charge is 0.274 e. The van der Waals surface area contributed by atoms with Crippen LogP contribution in [0.1, 0.15) is 26.4 Å². The van der Waals surface area contributed by atoms with Crippen LogP contribution in [0.5, 0.6) is 0 Å². The molecule has 0 spiro atoms. The van der Waals surface area contributed by atoms with Crippen LogP contribution in [0.4, 0.5) is 15.8 Å². The Morgan fingerprint density at radius 1 is 0.971 bits per heavy atom. The Balaban J connectivity index is 1.60. The van der Waals surface area contributed by atoms with Crippen LogP contribution in [-0.4, -0.2) is 55.8 Å². The number of pyridine rings is 1. The van der Waals surface area contributed by atoms with Crippen LogP contribution < -0.4 is 10.6 Å². The van der Waals surface area contributed by atoms with Crippen LogP contribution in [-0.2, 0) is 14.8 Å². The summed E-state index contributed by atoms with van der Waals surface area (Å²) < 4.78 is 46.6. The van der Waals surface area contributed by atoms with Gasteiger partial charge in [-0.2, -0.15) is 4.31 Å². The van der Waals surface area contributed by atoms with Crippen molar-refractivity contribution < 1.29 is 27.1 Å². The third kappa shape index (κ3) is 5.53. The number of aromatic nitrogens is 1. The second-order valence-corrected chi connectivity index (χ2v) is 9.74. The molecule has 1 aliphatic heterocycles. The number of morpholine rings is 1. The highest BCUT2D eigenvalue weighted by Gasteiger charge is 2.27. The van der Waals surface area contributed by atoms with Crippen LogP contribution in [0.2, 0.25) is 0 Å². The summed E-state index contributed by atoms with van der Waals surface area (Å²) in [4.78, 5) is 29.6. The zero-order chi connectivity index (χ0) is 25.0. The Labute approximate surface area is 202 Å². The normalized spacial score (nSPS) is 14.3. The number of hydrogen-bond acceptors (Lipinski definition) is 6. The summed E-state index contributed by atoms with van der Waals surface area (Å²) in [6.45, 7) is 2.70. The van der Waals surface area contributed by atoms with Crippen molar-refractivity contribution >= 4 is 33.2 Å². The Morgan fingerprint density at radius 3 is 2.43 bits per heavy atom. The molecule has 0 saturated carbocycles. The lowest BCUT2D eigenvalue weighted by Gasteiger charge is -2.26. The van der Waals surface area contributed by atoms with Gasteiger partial charge in [0.25, 0.3) is 11.8 Å². The van der Waals surface area contributed by atoms with Gasteiger partial charge < -0.3 is 15.4 Å². The van der Waals surface area contributed by atoms with Crippen LogP contribution in [0.3, 0.4) is 0 Å². The molecule has 0 aliphatic carbocycles. The fourth-order valence-corrected chi connectivity index (χ4v) is 4.98. The number of halogens is 1. The predicted octanol–water partition coefficient (Wildman–Crippen LogP) is 3.05. The van der Waals surface area contributed by atoms with Crippen LogP contribution in [0.15, 0.2) is 65.7 Å². The molecule has 1 fully saturated rings. The highest BCUT2D eigenvalue weighted by atomic mass is 32.2. The Kier molecular flexibility index (Phi) is 7.20. The molecule has 35 heavy (non-hydrogen) atoms. The van der Waals surface area contributed by atoms with Gasteiger partial charge in [-0.1, -0.05) is 12.1 Å². The molecule has 2 aromatic carbocycles. The molecule has 2 amide bonds. The molecule has 9 nitrogen and oxygen atoms in total. The van der Waals surface area contributed by atoms with E-state index < -0.39 is 27.7 Å². The summed E-state index contributed by atoms with van der Waals surface area (Å²) in [7, 11) is -3.82. The molecule has 0 atom stereocenters. The number of nitrogens with one attached hydrogen (secondary N) is 2. The first kappa shape index (κ1) is 24.5. The van der Waals surface area contributed by atoms with E-state index in [2.05, 4.69) is 15.6 Å².